The van der Waals surface area contributed by atoms with Crippen molar-refractivity contribution >= 4 is 28.5 Å². The fraction of sp³-hybridized carbons (Fsp3) is 0.560. The van der Waals surface area contributed by atoms with Gasteiger partial charge in [-0.1, -0.05) is 6.92 Å². The minimum Gasteiger partial charge on any atom is -0.369 e. The Labute approximate surface area is 195 Å². The first-order valence-corrected chi connectivity index (χ1v) is 12.3. The standard InChI is InChI=1S/C25H35N7O/c1-17(2)31-22-16-27-24(28-19-6-10-20(11-7-19)30-14-12-26-13-15-30)29-23(22)32(25(31)33)21-8-4-18(3)5-9-21/h6-7,10-11,16-18,21,26H,4-5,8-9,12-15H2,1-3H3,(H,27,28,29). The zero-order chi connectivity index (χ0) is 22.9. The van der Waals surface area contributed by atoms with Gasteiger partial charge in [0.15, 0.2) is 5.65 Å². The highest BCUT2D eigenvalue weighted by molar-refractivity contribution is 5.73. The van der Waals surface area contributed by atoms with Crippen molar-refractivity contribution in [3.05, 3.63) is 40.9 Å². The lowest BCUT2D eigenvalue weighted by atomic mass is 9.87. The Hall–Kier alpha value is -2.87. The summed E-state index contributed by atoms with van der Waals surface area (Å²) in [5, 5.41) is 6.73. The summed E-state index contributed by atoms with van der Waals surface area (Å²) in [6, 6.07) is 8.68. The molecule has 0 atom stereocenters. The molecule has 5 rings (SSSR count). The van der Waals surface area contributed by atoms with Crippen molar-refractivity contribution in [2.24, 2.45) is 5.92 Å². The van der Waals surface area contributed by atoms with Crippen LogP contribution >= 0.6 is 0 Å². The molecular formula is C25H35N7O. The van der Waals surface area contributed by atoms with Gasteiger partial charge in [-0.3, -0.25) is 9.13 Å². The number of nitrogens with one attached hydrogen (secondary N) is 2. The number of fused-ring (bicyclic) bond motifs is 1. The van der Waals surface area contributed by atoms with E-state index in [2.05, 4.69) is 51.7 Å². The van der Waals surface area contributed by atoms with Gasteiger partial charge in [-0.2, -0.15) is 4.98 Å². The maximum Gasteiger partial charge on any atom is 0.330 e. The molecule has 0 spiro atoms. The van der Waals surface area contributed by atoms with Gasteiger partial charge >= 0.3 is 5.69 Å². The highest BCUT2D eigenvalue weighted by Crippen LogP contribution is 2.33. The Morgan fingerprint density at radius 3 is 2.42 bits per heavy atom. The molecule has 2 N–H and O–H groups in total. The molecule has 8 heteroatoms. The van der Waals surface area contributed by atoms with E-state index in [-0.39, 0.29) is 17.8 Å². The number of hydrogen-bond donors (Lipinski definition) is 2. The Kier molecular flexibility index (Phi) is 6.10. The molecule has 3 heterocycles. The van der Waals surface area contributed by atoms with Crippen molar-refractivity contribution in [3.63, 3.8) is 0 Å². The van der Waals surface area contributed by atoms with Crippen molar-refractivity contribution in [3.8, 4) is 0 Å². The summed E-state index contributed by atoms with van der Waals surface area (Å²) in [4.78, 5) is 25.2. The zero-order valence-electron chi connectivity index (χ0n) is 19.9. The van der Waals surface area contributed by atoms with E-state index < -0.39 is 0 Å². The topological polar surface area (TPSA) is 80.0 Å². The van der Waals surface area contributed by atoms with Crippen LogP contribution in [0.3, 0.4) is 0 Å². The third-order valence-electron chi connectivity index (χ3n) is 7.12. The van der Waals surface area contributed by atoms with Crippen molar-refractivity contribution in [1.82, 2.24) is 24.4 Å². The second-order valence-electron chi connectivity index (χ2n) is 9.84. The predicted octanol–water partition coefficient (Wildman–Crippen LogP) is 4.08. The van der Waals surface area contributed by atoms with E-state index >= 15 is 0 Å². The fourth-order valence-corrected chi connectivity index (χ4v) is 5.22. The number of aromatic nitrogens is 4. The van der Waals surface area contributed by atoms with Crippen molar-refractivity contribution in [1.29, 1.82) is 0 Å². The van der Waals surface area contributed by atoms with Gasteiger partial charge in [0.25, 0.3) is 0 Å². The molecule has 0 radical (unpaired) electrons. The van der Waals surface area contributed by atoms with Gasteiger partial charge in [-0.15, -0.1) is 0 Å². The normalized spacial score (nSPS) is 21.6. The van der Waals surface area contributed by atoms with Crippen molar-refractivity contribution < 1.29 is 0 Å². The highest BCUT2D eigenvalue weighted by Gasteiger charge is 2.26. The van der Waals surface area contributed by atoms with Crippen molar-refractivity contribution in [2.75, 3.05) is 36.4 Å². The van der Waals surface area contributed by atoms with Crippen LogP contribution in [0, 0.1) is 5.92 Å². The zero-order valence-corrected chi connectivity index (χ0v) is 19.9. The number of nitrogens with zero attached hydrogens (tertiary/aromatic N) is 5. The maximum absolute atomic E-state index is 13.4. The van der Waals surface area contributed by atoms with Gasteiger partial charge in [0.1, 0.15) is 5.52 Å². The van der Waals surface area contributed by atoms with Gasteiger partial charge in [-0.05, 0) is 69.7 Å². The van der Waals surface area contributed by atoms with Crippen LogP contribution in [0.15, 0.2) is 35.3 Å². The largest absolute Gasteiger partial charge is 0.369 e. The SMILES string of the molecule is CC1CCC(n2c(=O)n(C(C)C)c3cnc(Nc4ccc(N5CCNCC5)cc4)nc32)CC1. The lowest BCUT2D eigenvalue weighted by molar-refractivity contribution is 0.286. The van der Waals surface area contributed by atoms with E-state index in [0.29, 0.717) is 5.95 Å². The minimum absolute atomic E-state index is 0.0337. The molecule has 1 saturated carbocycles. The molecule has 3 aromatic rings. The molecule has 0 amide bonds. The molecule has 2 fully saturated rings. The molecule has 0 bridgehead atoms. The molecule has 1 saturated heterocycles. The van der Waals surface area contributed by atoms with Gasteiger partial charge in [0.2, 0.25) is 5.95 Å². The van der Waals surface area contributed by atoms with Crippen LogP contribution < -0.4 is 21.2 Å². The van der Waals surface area contributed by atoms with Gasteiger partial charge in [-0.25, -0.2) is 9.78 Å². The third-order valence-corrected chi connectivity index (χ3v) is 7.12. The molecule has 1 aliphatic carbocycles. The number of rotatable bonds is 5. The molecule has 2 aromatic heterocycles. The summed E-state index contributed by atoms with van der Waals surface area (Å²) < 4.78 is 3.76. The van der Waals surface area contributed by atoms with Crippen LogP contribution in [0.1, 0.15) is 58.5 Å². The van der Waals surface area contributed by atoms with Gasteiger partial charge in [0.05, 0.1) is 6.20 Å². The molecule has 33 heavy (non-hydrogen) atoms. The van der Waals surface area contributed by atoms with Gasteiger partial charge < -0.3 is 15.5 Å². The third kappa shape index (κ3) is 4.36. The fourth-order valence-electron chi connectivity index (χ4n) is 5.22. The summed E-state index contributed by atoms with van der Waals surface area (Å²) in [5.74, 6) is 1.25. The smallest absolute Gasteiger partial charge is 0.330 e. The van der Waals surface area contributed by atoms with E-state index in [1.54, 1.807) is 6.20 Å². The molecule has 0 unspecified atom stereocenters. The Morgan fingerprint density at radius 2 is 1.76 bits per heavy atom. The number of anilines is 3. The van der Waals surface area contributed by atoms with E-state index in [9.17, 15) is 4.79 Å². The van der Waals surface area contributed by atoms with Gasteiger partial charge in [0, 0.05) is 49.6 Å². The first-order chi connectivity index (χ1) is 16.0. The summed E-state index contributed by atoms with van der Waals surface area (Å²) in [6.45, 7) is 10.5. The monoisotopic (exact) mass is 449 g/mol. The van der Waals surface area contributed by atoms with E-state index in [4.69, 9.17) is 4.98 Å². The number of piperazine rings is 1. The van der Waals surface area contributed by atoms with Crippen molar-refractivity contribution in [2.45, 2.75) is 58.5 Å². The summed E-state index contributed by atoms with van der Waals surface area (Å²) in [5.41, 5.74) is 3.76. The van der Waals surface area contributed by atoms with Crippen LogP contribution in [-0.4, -0.2) is 45.3 Å². The molecule has 1 aromatic carbocycles. The number of benzene rings is 1. The Morgan fingerprint density at radius 1 is 1.06 bits per heavy atom. The number of imidazole rings is 1. The lowest BCUT2D eigenvalue weighted by Gasteiger charge is -2.29. The summed E-state index contributed by atoms with van der Waals surface area (Å²) in [7, 11) is 0. The Bertz CT molecular complexity index is 1150. The highest BCUT2D eigenvalue weighted by atomic mass is 16.2. The van der Waals surface area contributed by atoms with E-state index in [0.717, 1.165) is 74.6 Å². The van der Waals surface area contributed by atoms with Crippen LogP contribution in [-0.2, 0) is 0 Å². The summed E-state index contributed by atoms with van der Waals surface area (Å²) >= 11 is 0. The Balaban J connectivity index is 1.44. The number of hydrogen-bond acceptors (Lipinski definition) is 6. The predicted molar refractivity (Wildman–Crippen MR) is 134 cm³/mol. The molecule has 176 valence electrons. The quantitative estimate of drug-likeness (QED) is 0.611. The first kappa shape index (κ1) is 21.9. The van der Waals surface area contributed by atoms with Crippen LogP contribution in [0.5, 0.6) is 0 Å². The molecule has 2 aliphatic rings. The molecule has 8 nitrogen and oxygen atoms in total. The van der Waals surface area contributed by atoms with E-state index in [1.807, 2.05) is 23.0 Å². The lowest BCUT2D eigenvalue weighted by Crippen LogP contribution is -2.43. The van der Waals surface area contributed by atoms with Crippen LogP contribution in [0.4, 0.5) is 17.3 Å². The molecule has 1 aliphatic heterocycles. The minimum atomic E-state index is 0.0337. The summed E-state index contributed by atoms with van der Waals surface area (Å²) in [6.07, 6.45) is 6.16. The average molecular weight is 450 g/mol. The maximum atomic E-state index is 13.4. The van der Waals surface area contributed by atoms with Crippen LogP contribution in [0.25, 0.3) is 11.2 Å². The molecular weight excluding hydrogens is 414 g/mol. The second kappa shape index (κ2) is 9.17. The van der Waals surface area contributed by atoms with E-state index in [1.165, 1.54) is 5.69 Å². The average Bonchev–Trinajstić information content (AvgIpc) is 3.12. The first-order valence-electron chi connectivity index (χ1n) is 12.3. The second-order valence-corrected chi connectivity index (χ2v) is 9.84. The van der Waals surface area contributed by atoms with Crippen LogP contribution in [0.2, 0.25) is 0 Å².